The average Bonchev–Trinajstić information content (AvgIpc) is 3.24. The smallest absolute Gasteiger partial charge is 0.203 e. The molecule has 27 heavy (non-hydrogen) atoms. The van der Waals surface area contributed by atoms with E-state index in [1.54, 1.807) is 21.3 Å². The fourth-order valence-corrected chi connectivity index (χ4v) is 6.24. The van der Waals surface area contributed by atoms with Gasteiger partial charge in [-0.1, -0.05) is 20.8 Å². The maximum absolute atomic E-state index is 11.1. The maximum atomic E-state index is 11.1. The molecule has 6 atom stereocenters. The van der Waals surface area contributed by atoms with Gasteiger partial charge in [0, 0.05) is 0 Å². The molecule has 2 aliphatic carbocycles. The summed E-state index contributed by atoms with van der Waals surface area (Å²) >= 11 is 0. The zero-order valence-electron chi connectivity index (χ0n) is 17.2. The van der Waals surface area contributed by atoms with E-state index in [0.29, 0.717) is 34.5 Å². The Hall–Kier alpha value is -1.46. The van der Waals surface area contributed by atoms with Crippen LogP contribution in [-0.4, -0.2) is 38.6 Å². The van der Waals surface area contributed by atoms with Gasteiger partial charge >= 0.3 is 0 Å². The lowest BCUT2D eigenvalue weighted by atomic mass is 9.70. The molecule has 0 radical (unpaired) electrons. The number of ether oxygens (including phenoxy) is 4. The number of methoxy groups -OCH3 is 3. The maximum Gasteiger partial charge on any atom is 0.203 e. The SMILES string of the molecule is COc1cc([C@@H](O)[C@H]2C[C@@H]3[C@H]4CC[C@@](C)([C@@H]3O2)C4(C)C)cc(OC)c1OC. The third kappa shape index (κ3) is 2.44. The van der Waals surface area contributed by atoms with E-state index >= 15 is 0 Å². The Morgan fingerprint density at radius 3 is 2.22 bits per heavy atom. The van der Waals surface area contributed by atoms with E-state index in [0.717, 1.165) is 12.0 Å². The molecule has 2 saturated carbocycles. The Kier molecular flexibility index (Phi) is 4.39. The predicted molar refractivity (Wildman–Crippen MR) is 102 cm³/mol. The van der Waals surface area contributed by atoms with E-state index in [1.807, 2.05) is 12.1 Å². The van der Waals surface area contributed by atoms with Crippen molar-refractivity contribution in [2.24, 2.45) is 22.7 Å². The van der Waals surface area contributed by atoms with Crippen LogP contribution in [-0.2, 0) is 4.74 Å². The summed E-state index contributed by atoms with van der Waals surface area (Å²) in [6.07, 6.45) is 2.74. The number of hydrogen-bond donors (Lipinski definition) is 1. The number of benzene rings is 1. The van der Waals surface area contributed by atoms with Gasteiger partial charge in [-0.15, -0.1) is 0 Å². The van der Waals surface area contributed by atoms with Gasteiger partial charge in [0.2, 0.25) is 5.75 Å². The van der Waals surface area contributed by atoms with Crippen LogP contribution in [0.2, 0.25) is 0 Å². The van der Waals surface area contributed by atoms with E-state index < -0.39 is 6.10 Å². The highest BCUT2D eigenvalue weighted by molar-refractivity contribution is 5.54. The lowest BCUT2D eigenvalue weighted by molar-refractivity contribution is -0.0919. The summed E-state index contributed by atoms with van der Waals surface area (Å²) in [7, 11) is 4.75. The van der Waals surface area contributed by atoms with Gasteiger partial charge in [0.1, 0.15) is 6.10 Å². The molecule has 0 amide bonds. The fourth-order valence-electron chi connectivity index (χ4n) is 6.24. The molecular weight excluding hydrogens is 344 g/mol. The Labute approximate surface area is 162 Å². The van der Waals surface area contributed by atoms with Crippen molar-refractivity contribution < 1.29 is 24.1 Å². The van der Waals surface area contributed by atoms with Gasteiger partial charge in [0.15, 0.2) is 11.5 Å². The van der Waals surface area contributed by atoms with Gasteiger partial charge in [0.25, 0.3) is 0 Å². The number of fused-ring (bicyclic) bond motifs is 5. The third-order valence-corrected chi connectivity index (χ3v) is 8.11. The van der Waals surface area contributed by atoms with Crippen LogP contribution in [0, 0.1) is 22.7 Å². The number of rotatable bonds is 5. The second kappa shape index (κ2) is 6.28. The number of hydrogen-bond acceptors (Lipinski definition) is 5. The molecule has 150 valence electrons. The first-order valence-electron chi connectivity index (χ1n) is 9.92. The van der Waals surface area contributed by atoms with Gasteiger partial charge < -0.3 is 24.1 Å². The normalized spacial score (nSPS) is 37.1. The molecule has 1 aliphatic heterocycles. The highest BCUT2D eigenvalue weighted by atomic mass is 16.5. The standard InChI is InChI=1S/C22H32O5/c1-21(2)14-7-8-22(21,3)20-13(14)11-15(27-20)18(23)12-9-16(24-4)19(26-6)17(10-12)25-5/h9-10,13-15,18,20,23H,7-8,11H2,1-6H3/t13-,14-,15-,18-,20-,22+/m1/s1. The zero-order valence-corrected chi connectivity index (χ0v) is 17.2. The first kappa shape index (κ1) is 18.9. The summed E-state index contributed by atoms with van der Waals surface area (Å²) in [5, 5.41) is 11.1. The number of aliphatic hydroxyl groups excluding tert-OH is 1. The lowest BCUT2D eigenvalue weighted by Gasteiger charge is -2.39. The molecule has 0 spiro atoms. The van der Waals surface area contributed by atoms with E-state index in [9.17, 15) is 5.11 Å². The van der Waals surface area contributed by atoms with Crippen LogP contribution in [0.25, 0.3) is 0 Å². The van der Waals surface area contributed by atoms with Crippen LogP contribution in [0.1, 0.15) is 51.7 Å². The second-order valence-corrected chi connectivity index (χ2v) is 9.18. The van der Waals surface area contributed by atoms with Gasteiger partial charge in [-0.25, -0.2) is 0 Å². The largest absolute Gasteiger partial charge is 0.493 e. The summed E-state index contributed by atoms with van der Waals surface area (Å²) in [4.78, 5) is 0. The molecule has 0 aromatic heterocycles. The van der Waals surface area contributed by atoms with E-state index in [4.69, 9.17) is 18.9 Å². The molecule has 0 unspecified atom stereocenters. The third-order valence-electron chi connectivity index (χ3n) is 8.11. The molecule has 1 N–H and O–H groups in total. The van der Waals surface area contributed by atoms with Gasteiger partial charge in [0.05, 0.1) is 33.5 Å². The van der Waals surface area contributed by atoms with Crippen molar-refractivity contribution >= 4 is 0 Å². The quantitative estimate of drug-likeness (QED) is 0.842. The van der Waals surface area contributed by atoms with E-state index in [1.165, 1.54) is 12.8 Å². The molecule has 3 aliphatic rings. The van der Waals surface area contributed by atoms with E-state index in [-0.39, 0.29) is 17.6 Å². The van der Waals surface area contributed by atoms with Crippen LogP contribution < -0.4 is 14.2 Å². The molecular formula is C22H32O5. The lowest BCUT2D eigenvalue weighted by Crippen LogP contribution is -2.38. The molecule has 3 fully saturated rings. The summed E-state index contributed by atoms with van der Waals surface area (Å²) < 4.78 is 22.8. The van der Waals surface area contributed by atoms with Crippen molar-refractivity contribution in [3.05, 3.63) is 17.7 Å². The van der Waals surface area contributed by atoms with E-state index in [2.05, 4.69) is 20.8 Å². The van der Waals surface area contributed by atoms with Crippen LogP contribution in [0.3, 0.4) is 0 Å². The topological polar surface area (TPSA) is 57.2 Å². The minimum absolute atomic E-state index is 0.196. The first-order valence-corrected chi connectivity index (χ1v) is 9.92. The van der Waals surface area contributed by atoms with Crippen molar-refractivity contribution in [3.63, 3.8) is 0 Å². The summed E-state index contributed by atoms with van der Waals surface area (Å²) in [6, 6.07) is 3.65. The molecule has 2 bridgehead atoms. The monoisotopic (exact) mass is 376 g/mol. The molecule has 1 aromatic carbocycles. The molecule has 1 saturated heterocycles. The van der Waals surface area contributed by atoms with Crippen molar-refractivity contribution in [1.29, 1.82) is 0 Å². The van der Waals surface area contributed by atoms with Gasteiger partial charge in [-0.05, 0) is 59.6 Å². The predicted octanol–water partition coefficient (Wildman–Crippen LogP) is 3.98. The molecule has 5 nitrogen and oxygen atoms in total. The zero-order chi connectivity index (χ0) is 19.6. The Balaban J connectivity index is 1.60. The Bertz CT molecular complexity index is 704. The van der Waals surface area contributed by atoms with Crippen molar-refractivity contribution in [1.82, 2.24) is 0 Å². The van der Waals surface area contributed by atoms with Crippen molar-refractivity contribution in [3.8, 4) is 17.2 Å². The number of aliphatic hydroxyl groups is 1. The first-order chi connectivity index (χ1) is 12.8. The van der Waals surface area contributed by atoms with Crippen LogP contribution >= 0.6 is 0 Å². The molecule has 1 heterocycles. The second-order valence-electron chi connectivity index (χ2n) is 9.18. The minimum atomic E-state index is -0.713. The van der Waals surface area contributed by atoms with Gasteiger partial charge in [-0.3, -0.25) is 0 Å². The molecule has 1 aromatic rings. The van der Waals surface area contributed by atoms with Gasteiger partial charge in [-0.2, -0.15) is 0 Å². The van der Waals surface area contributed by atoms with Crippen molar-refractivity contribution in [2.45, 2.75) is 58.3 Å². The Morgan fingerprint density at radius 2 is 1.70 bits per heavy atom. The summed E-state index contributed by atoms with van der Waals surface area (Å²) in [5.41, 5.74) is 1.25. The highest BCUT2D eigenvalue weighted by Gasteiger charge is 2.69. The van der Waals surface area contributed by atoms with Crippen LogP contribution in [0.15, 0.2) is 12.1 Å². The average molecular weight is 376 g/mol. The Morgan fingerprint density at radius 1 is 1.07 bits per heavy atom. The van der Waals surface area contributed by atoms with Crippen molar-refractivity contribution in [2.75, 3.05) is 21.3 Å². The fraction of sp³-hybridized carbons (Fsp3) is 0.727. The minimum Gasteiger partial charge on any atom is -0.493 e. The highest BCUT2D eigenvalue weighted by Crippen LogP contribution is 2.71. The van der Waals surface area contributed by atoms with Crippen LogP contribution in [0.5, 0.6) is 17.2 Å². The summed E-state index contributed by atoms with van der Waals surface area (Å²) in [6.45, 7) is 7.18. The van der Waals surface area contributed by atoms with Crippen LogP contribution in [0.4, 0.5) is 0 Å². The molecule has 5 heteroatoms. The molecule has 4 rings (SSSR count). The summed E-state index contributed by atoms with van der Waals surface area (Å²) in [5.74, 6) is 2.87.